The third-order valence-corrected chi connectivity index (χ3v) is 4.59. The molecule has 0 radical (unpaired) electrons. The van der Waals surface area contributed by atoms with E-state index in [0.717, 1.165) is 16.7 Å². The molecule has 0 aliphatic carbocycles. The van der Waals surface area contributed by atoms with Gasteiger partial charge in [0.1, 0.15) is 12.2 Å². The number of benzene rings is 3. The van der Waals surface area contributed by atoms with Crippen molar-refractivity contribution < 1.29 is 19.0 Å². The van der Waals surface area contributed by atoms with E-state index in [2.05, 4.69) is 0 Å². The van der Waals surface area contributed by atoms with Gasteiger partial charge in [0.05, 0.1) is 7.11 Å². The Morgan fingerprint density at radius 3 is 2.39 bits per heavy atom. The van der Waals surface area contributed by atoms with Gasteiger partial charge in [-0.2, -0.15) is 5.26 Å². The first-order valence-corrected chi connectivity index (χ1v) is 9.85. The molecule has 0 unspecified atom stereocenters. The van der Waals surface area contributed by atoms with Crippen molar-refractivity contribution in [1.82, 2.24) is 0 Å². The van der Waals surface area contributed by atoms with Gasteiger partial charge in [0.2, 0.25) is 0 Å². The first-order chi connectivity index (χ1) is 15.2. The Kier molecular flexibility index (Phi) is 7.84. The maximum absolute atomic E-state index is 12.6. The molecule has 3 aromatic carbocycles. The van der Waals surface area contributed by atoms with Crippen molar-refractivity contribution in [2.45, 2.75) is 12.5 Å². The Labute approximate surface area is 182 Å². The molecule has 0 spiro atoms. The third-order valence-electron chi connectivity index (χ3n) is 4.59. The fourth-order valence-electron chi connectivity index (χ4n) is 3.08. The standard InChI is InChI=1S/C26H23NO4/c1-29-25-19-21(12-14-23(25)30-17-16-27)13-15-26(28)31-24(22-10-6-3-7-11-22)18-20-8-4-2-5-9-20/h2-15,19,24H,17-18H2,1H3/b15-13-/t24-/m0/s1. The van der Waals surface area contributed by atoms with Crippen molar-refractivity contribution in [3.63, 3.8) is 0 Å². The minimum atomic E-state index is -0.437. The fourth-order valence-corrected chi connectivity index (χ4v) is 3.08. The number of carbonyl (C=O) groups excluding carboxylic acids is 1. The molecule has 0 amide bonds. The summed E-state index contributed by atoms with van der Waals surface area (Å²) in [6.07, 6.45) is 3.25. The predicted molar refractivity (Wildman–Crippen MR) is 119 cm³/mol. The summed E-state index contributed by atoms with van der Waals surface area (Å²) in [5.41, 5.74) is 2.78. The van der Waals surface area contributed by atoms with Gasteiger partial charge in [-0.15, -0.1) is 0 Å². The molecule has 0 fully saturated rings. The Bertz CT molecular complexity index is 1060. The molecule has 3 aromatic rings. The van der Waals surface area contributed by atoms with Gasteiger partial charge in [-0.3, -0.25) is 0 Å². The lowest BCUT2D eigenvalue weighted by atomic mass is 10.0. The molecule has 0 bridgehead atoms. The Hall–Kier alpha value is -4.04. The topological polar surface area (TPSA) is 68.6 Å². The molecule has 0 saturated heterocycles. The molecule has 5 nitrogen and oxygen atoms in total. The fraction of sp³-hybridized carbons (Fsp3) is 0.154. The van der Waals surface area contributed by atoms with Crippen LogP contribution in [0.4, 0.5) is 0 Å². The van der Waals surface area contributed by atoms with Crippen molar-refractivity contribution in [2.75, 3.05) is 13.7 Å². The second-order valence-electron chi connectivity index (χ2n) is 6.72. The van der Waals surface area contributed by atoms with Crippen LogP contribution in [0.5, 0.6) is 11.5 Å². The Morgan fingerprint density at radius 1 is 1.00 bits per heavy atom. The van der Waals surface area contributed by atoms with E-state index in [-0.39, 0.29) is 6.61 Å². The van der Waals surface area contributed by atoms with E-state index in [0.29, 0.717) is 17.9 Å². The largest absolute Gasteiger partial charge is 0.493 e. The summed E-state index contributed by atoms with van der Waals surface area (Å²) in [5, 5.41) is 8.66. The first kappa shape index (κ1) is 21.7. The minimum absolute atomic E-state index is 0.0693. The second kappa shape index (κ2) is 11.2. The average molecular weight is 413 g/mol. The van der Waals surface area contributed by atoms with Crippen LogP contribution in [0.1, 0.15) is 22.8 Å². The van der Waals surface area contributed by atoms with E-state index in [1.807, 2.05) is 66.7 Å². The van der Waals surface area contributed by atoms with Crippen LogP contribution in [0.15, 0.2) is 84.9 Å². The normalized spacial score (nSPS) is 11.5. The maximum Gasteiger partial charge on any atom is 0.331 e. The quantitative estimate of drug-likeness (QED) is 0.359. The lowest BCUT2D eigenvalue weighted by molar-refractivity contribution is -0.143. The van der Waals surface area contributed by atoms with Crippen LogP contribution in [-0.2, 0) is 16.0 Å². The predicted octanol–water partition coefficient (Wildman–Crippen LogP) is 5.14. The molecule has 0 N–H and O–H groups in total. The summed E-state index contributed by atoms with van der Waals surface area (Å²) >= 11 is 0. The molecule has 0 saturated carbocycles. The summed E-state index contributed by atoms with van der Waals surface area (Å²) in [4.78, 5) is 12.6. The van der Waals surface area contributed by atoms with Gasteiger partial charge < -0.3 is 14.2 Å². The van der Waals surface area contributed by atoms with Crippen LogP contribution in [0, 0.1) is 11.3 Å². The van der Waals surface area contributed by atoms with E-state index in [1.54, 1.807) is 24.3 Å². The lowest BCUT2D eigenvalue weighted by Crippen LogP contribution is -2.12. The van der Waals surface area contributed by atoms with Gasteiger partial charge in [0.15, 0.2) is 18.1 Å². The van der Waals surface area contributed by atoms with Gasteiger partial charge in [-0.25, -0.2) is 4.79 Å². The number of esters is 1. The summed E-state index contributed by atoms with van der Waals surface area (Å²) in [6.45, 7) is -0.0693. The third kappa shape index (κ3) is 6.48. The van der Waals surface area contributed by atoms with E-state index >= 15 is 0 Å². The van der Waals surface area contributed by atoms with Crippen molar-refractivity contribution in [3.8, 4) is 17.6 Å². The molecule has 0 aliphatic rings. The minimum Gasteiger partial charge on any atom is -0.493 e. The van der Waals surface area contributed by atoms with E-state index in [4.69, 9.17) is 19.5 Å². The van der Waals surface area contributed by atoms with Crippen molar-refractivity contribution in [3.05, 3.63) is 102 Å². The highest BCUT2D eigenvalue weighted by Crippen LogP contribution is 2.28. The Balaban J connectivity index is 1.72. The number of nitrogens with zero attached hydrogens (tertiary/aromatic N) is 1. The second-order valence-corrected chi connectivity index (χ2v) is 6.72. The highest BCUT2D eigenvalue weighted by Gasteiger charge is 2.16. The summed E-state index contributed by atoms with van der Waals surface area (Å²) in [7, 11) is 1.52. The first-order valence-electron chi connectivity index (χ1n) is 9.85. The SMILES string of the molecule is COc1cc(/C=C\C(=O)O[C@@H](Cc2ccccc2)c2ccccc2)ccc1OCC#N. The van der Waals surface area contributed by atoms with E-state index in [1.165, 1.54) is 13.2 Å². The number of nitriles is 1. The van der Waals surface area contributed by atoms with Gasteiger partial charge in [-0.05, 0) is 34.9 Å². The zero-order valence-corrected chi connectivity index (χ0v) is 17.2. The van der Waals surface area contributed by atoms with Crippen LogP contribution < -0.4 is 9.47 Å². The molecule has 0 aliphatic heterocycles. The van der Waals surface area contributed by atoms with Crippen molar-refractivity contribution in [1.29, 1.82) is 5.26 Å². The summed E-state index contributed by atoms with van der Waals surface area (Å²) in [6, 6.07) is 26.8. The van der Waals surface area contributed by atoms with E-state index in [9.17, 15) is 4.79 Å². The molecular formula is C26H23NO4. The van der Waals surface area contributed by atoms with Crippen molar-refractivity contribution >= 4 is 12.0 Å². The number of ether oxygens (including phenoxy) is 3. The van der Waals surface area contributed by atoms with E-state index < -0.39 is 12.1 Å². The number of hydrogen-bond donors (Lipinski definition) is 0. The Morgan fingerprint density at radius 2 is 1.71 bits per heavy atom. The number of methoxy groups -OCH3 is 1. The van der Waals surface area contributed by atoms with Crippen LogP contribution >= 0.6 is 0 Å². The summed E-state index contributed by atoms with van der Waals surface area (Å²) in [5.74, 6) is 0.515. The average Bonchev–Trinajstić information content (AvgIpc) is 2.82. The van der Waals surface area contributed by atoms with Gasteiger partial charge in [0.25, 0.3) is 0 Å². The maximum atomic E-state index is 12.6. The smallest absolute Gasteiger partial charge is 0.331 e. The number of hydrogen-bond acceptors (Lipinski definition) is 5. The zero-order chi connectivity index (χ0) is 21.9. The number of rotatable bonds is 9. The van der Waals surface area contributed by atoms with Gasteiger partial charge in [0, 0.05) is 12.5 Å². The number of carbonyl (C=O) groups is 1. The van der Waals surface area contributed by atoms with Crippen LogP contribution in [0.2, 0.25) is 0 Å². The lowest BCUT2D eigenvalue weighted by Gasteiger charge is -2.17. The van der Waals surface area contributed by atoms with Gasteiger partial charge >= 0.3 is 5.97 Å². The highest BCUT2D eigenvalue weighted by atomic mass is 16.5. The van der Waals surface area contributed by atoms with Gasteiger partial charge in [-0.1, -0.05) is 66.7 Å². The molecule has 156 valence electrons. The highest BCUT2D eigenvalue weighted by molar-refractivity contribution is 5.87. The molecule has 1 atom stereocenters. The molecule has 5 heteroatoms. The zero-order valence-electron chi connectivity index (χ0n) is 17.2. The molecule has 31 heavy (non-hydrogen) atoms. The molecule has 0 aromatic heterocycles. The molecule has 3 rings (SSSR count). The van der Waals surface area contributed by atoms with Crippen LogP contribution in [-0.4, -0.2) is 19.7 Å². The molecular weight excluding hydrogens is 390 g/mol. The summed E-state index contributed by atoms with van der Waals surface area (Å²) < 4.78 is 16.4. The van der Waals surface area contributed by atoms with Crippen LogP contribution in [0.25, 0.3) is 6.08 Å². The monoisotopic (exact) mass is 413 g/mol. The van der Waals surface area contributed by atoms with Crippen LogP contribution in [0.3, 0.4) is 0 Å². The van der Waals surface area contributed by atoms with Crippen molar-refractivity contribution in [2.24, 2.45) is 0 Å². The molecule has 0 heterocycles.